The zero-order chi connectivity index (χ0) is 38.3. The molecule has 18 heteroatoms. The van der Waals surface area contributed by atoms with Crippen LogP contribution >= 0.6 is 46.7 Å². The minimum atomic E-state index is -0.0658. The van der Waals surface area contributed by atoms with E-state index in [4.69, 9.17) is 28.9 Å². The van der Waals surface area contributed by atoms with E-state index in [1.54, 1.807) is 6.07 Å². The Labute approximate surface area is 334 Å². The maximum atomic E-state index is 12.4. The zero-order valence-corrected chi connectivity index (χ0v) is 33.5. The molecule has 0 aliphatic carbocycles. The average Bonchev–Trinajstić information content (AvgIpc) is 3.80. The van der Waals surface area contributed by atoms with Gasteiger partial charge in [-0.25, -0.2) is 19.7 Å². The number of imidazole rings is 1. The first-order valence-electron chi connectivity index (χ1n) is 18.8. The van der Waals surface area contributed by atoms with Crippen LogP contribution in [0, 0.1) is 0 Å². The molecule has 4 heterocycles. The molecule has 7 N–H and O–H groups in total. The van der Waals surface area contributed by atoms with E-state index in [0.717, 1.165) is 68.4 Å². The highest BCUT2D eigenvalue weighted by Crippen LogP contribution is 2.35. The van der Waals surface area contributed by atoms with Gasteiger partial charge in [0.15, 0.2) is 22.1 Å². The van der Waals surface area contributed by atoms with Crippen LogP contribution in [0.1, 0.15) is 83.5 Å². The van der Waals surface area contributed by atoms with Crippen LogP contribution in [0.15, 0.2) is 34.6 Å². The number of aryl methyl sites for hydroxylation is 1. The second-order valence-electron chi connectivity index (χ2n) is 13.6. The molecule has 5 rings (SSSR count). The van der Waals surface area contributed by atoms with Crippen LogP contribution < -0.4 is 32.3 Å². The fourth-order valence-corrected chi connectivity index (χ4v) is 9.75. The number of nitrogen functional groups attached to an aromatic ring is 1. The fourth-order valence-electron chi connectivity index (χ4n) is 6.54. The van der Waals surface area contributed by atoms with Crippen LogP contribution in [-0.2, 0) is 20.9 Å². The summed E-state index contributed by atoms with van der Waals surface area (Å²) < 4.78 is 1.96. The predicted octanol–water partition coefficient (Wildman–Crippen LogP) is 5.45. The molecule has 2 fully saturated rings. The molecule has 2 aromatic heterocycles. The summed E-state index contributed by atoms with van der Waals surface area (Å²) in [6, 6.07) is 5.68. The minimum absolute atomic E-state index is 0.00354. The SMILES string of the molecule is Nc1ncnc2c1nc(Sc1cc(Cl)cc(Cl)c1)n2CCCNC(=O)CCCCCNC(=O)CCCCCNC(=O)CCCC[C@H]1SC[C@@H]2NC(=O)N[C@@H]21. The summed E-state index contributed by atoms with van der Waals surface area (Å²) in [5.41, 5.74) is 7.20. The quantitative estimate of drug-likeness (QED) is 0.0529. The van der Waals surface area contributed by atoms with E-state index >= 15 is 0 Å². The maximum Gasteiger partial charge on any atom is 0.315 e. The molecule has 0 unspecified atom stereocenters. The maximum absolute atomic E-state index is 12.4. The van der Waals surface area contributed by atoms with E-state index < -0.39 is 0 Å². The molecule has 2 aliphatic heterocycles. The standard InChI is InChI=1S/C36H50Cl2N10O4S2/c37-23-18-24(38)20-25(19-23)54-36-47-32-33(39)43-22-44-34(32)48(36)17-9-16-42-29(50)12-4-2-7-14-40-28(49)11-3-1-8-15-41-30(51)13-6-5-10-27-31-26(21-53-27)45-35(52)46-31/h18-20,22,26-27,31H,1-17,21H2,(H,40,49)(H,41,51)(H,42,50)(H2,39,43,44)(H2,45,46,52)/t26-,27+,31-/m0/s1. The topological polar surface area (TPSA) is 198 Å². The molecular weight excluding hydrogens is 772 g/mol. The molecule has 3 atom stereocenters. The largest absolute Gasteiger partial charge is 0.382 e. The third kappa shape index (κ3) is 13.1. The van der Waals surface area contributed by atoms with Gasteiger partial charge in [-0.1, -0.05) is 54.2 Å². The number of anilines is 1. The van der Waals surface area contributed by atoms with Crippen molar-refractivity contribution in [3.05, 3.63) is 34.6 Å². The number of nitrogens with two attached hydrogens (primary N) is 1. The Morgan fingerprint density at radius 3 is 2.09 bits per heavy atom. The monoisotopic (exact) mass is 820 g/mol. The Balaban J connectivity index is 0.841. The molecule has 0 spiro atoms. The molecule has 294 valence electrons. The number of amides is 5. The number of benzene rings is 1. The van der Waals surface area contributed by atoms with Crippen molar-refractivity contribution in [2.75, 3.05) is 31.1 Å². The Kier molecular flexibility index (Phi) is 16.7. The minimum Gasteiger partial charge on any atom is -0.382 e. The number of aromatic nitrogens is 4. The highest BCUT2D eigenvalue weighted by atomic mass is 35.5. The molecular formula is C36H50Cl2N10O4S2. The van der Waals surface area contributed by atoms with Crippen molar-refractivity contribution in [3.63, 3.8) is 0 Å². The summed E-state index contributed by atoms with van der Waals surface area (Å²) >= 11 is 15.7. The number of hydrogen-bond donors (Lipinski definition) is 6. The Hall–Kier alpha value is -3.47. The molecule has 0 radical (unpaired) electrons. The Morgan fingerprint density at radius 2 is 1.44 bits per heavy atom. The van der Waals surface area contributed by atoms with Gasteiger partial charge < -0.3 is 36.9 Å². The summed E-state index contributed by atoms with van der Waals surface area (Å²) in [7, 11) is 0. The van der Waals surface area contributed by atoms with Crippen LogP contribution in [0.4, 0.5) is 10.6 Å². The van der Waals surface area contributed by atoms with Gasteiger partial charge in [0.25, 0.3) is 0 Å². The number of carbonyl (C=O) groups is 4. The molecule has 2 saturated heterocycles. The smallest absolute Gasteiger partial charge is 0.315 e. The normalized spacial score (nSPS) is 17.6. The number of fused-ring (bicyclic) bond motifs is 2. The molecule has 2 aliphatic rings. The lowest BCUT2D eigenvalue weighted by Gasteiger charge is -2.16. The van der Waals surface area contributed by atoms with Gasteiger partial charge in [0, 0.05) is 71.4 Å². The number of hydrogen-bond acceptors (Lipinski definition) is 10. The van der Waals surface area contributed by atoms with Gasteiger partial charge in [0.2, 0.25) is 17.7 Å². The van der Waals surface area contributed by atoms with Gasteiger partial charge in [-0.3, -0.25) is 14.4 Å². The average molecular weight is 822 g/mol. The Bertz CT molecular complexity index is 1730. The van der Waals surface area contributed by atoms with Crippen molar-refractivity contribution in [2.45, 2.75) is 117 Å². The van der Waals surface area contributed by atoms with Gasteiger partial charge in [-0.2, -0.15) is 11.8 Å². The highest BCUT2D eigenvalue weighted by Gasteiger charge is 2.42. The second kappa shape index (κ2) is 21.6. The first kappa shape index (κ1) is 41.7. The van der Waals surface area contributed by atoms with Gasteiger partial charge in [0.05, 0.1) is 12.1 Å². The third-order valence-electron chi connectivity index (χ3n) is 9.34. The number of nitrogens with zero attached hydrogens (tertiary/aromatic N) is 4. The van der Waals surface area contributed by atoms with Gasteiger partial charge in [-0.05, 0) is 63.1 Å². The lowest BCUT2D eigenvalue weighted by atomic mass is 10.0. The molecule has 54 heavy (non-hydrogen) atoms. The molecule has 0 saturated carbocycles. The van der Waals surface area contributed by atoms with Crippen LogP contribution in [0.25, 0.3) is 11.2 Å². The number of urea groups is 1. The number of nitrogens with one attached hydrogen (secondary N) is 5. The first-order chi connectivity index (χ1) is 26.2. The Morgan fingerprint density at radius 1 is 0.833 bits per heavy atom. The number of unbranched alkanes of at least 4 members (excludes halogenated alkanes) is 5. The van der Waals surface area contributed by atoms with E-state index in [2.05, 4.69) is 41.5 Å². The molecule has 1 aromatic carbocycles. The van der Waals surface area contributed by atoms with Crippen LogP contribution in [0.5, 0.6) is 0 Å². The lowest BCUT2D eigenvalue weighted by molar-refractivity contribution is -0.122. The number of rotatable bonds is 23. The van der Waals surface area contributed by atoms with Crippen molar-refractivity contribution in [2.24, 2.45) is 0 Å². The summed E-state index contributed by atoms with van der Waals surface area (Å²) in [6.45, 7) is 2.28. The van der Waals surface area contributed by atoms with Gasteiger partial charge in [-0.15, -0.1) is 0 Å². The first-order valence-corrected chi connectivity index (χ1v) is 21.4. The van der Waals surface area contributed by atoms with Crippen molar-refractivity contribution in [3.8, 4) is 0 Å². The predicted molar refractivity (Wildman–Crippen MR) is 215 cm³/mol. The van der Waals surface area contributed by atoms with Crippen molar-refractivity contribution < 1.29 is 19.2 Å². The van der Waals surface area contributed by atoms with Gasteiger partial charge in [0.1, 0.15) is 6.33 Å². The van der Waals surface area contributed by atoms with Crippen molar-refractivity contribution >= 4 is 87.5 Å². The lowest BCUT2D eigenvalue weighted by Crippen LogP contribution is -2.36. The summed E-state index contributed by atoms with van der Waals surface area (Å²) in [6.07, 6.45) is 11.2. The summed E-state index contributed by atoms with van der Waals surface area (Å²) in [5, 5.41) is 17.1. The van der Waals surface area contributed by atoms with E-state index in [0.29, 0.717) is 89.3 Å². The summed E-state index contributed by atoms with van der Waals surface area (Å²) in [5.74, 6) is 1.35. The van der Waals surface area contributed by atoms with Crippen LogP contribution in [0.2, 0.25) is 10.0 Å². The third-order valence-corrected chi connectivity index (χ3v) is 12.2. The van der Waals surface area contributed by atoms with Gasteiger partial charge >= 0.3 is 6.03 Å². The second-order valence-corrected chi connectivity index (χ2v) is 16.8. The zero-order valence-electron chi connectivity index (χ0n) is 30.3. The highest BCUT2D eigenvalue weighted by molar-refractivity contribution is 8.00. The fraction of sp³-hybridized carbons (Fsp3) is 0.583. The molecule has 3 aromatic rings. The van der Waals surface area contributed by atoms with E-state index in [1.165, 1.54) is 18.1 Å². The van der Waals surface area contributed by atoms with E-state index in [1.807, 2.05) is 28.5 Å². The van der Waals surface area contributed by atoms with Crippen molar-refractivity contribution in [1.29, 1.82) is 0 Å². The molecule has 0 bridgehead atoms. The number of thioether (sulfide) groups is 1. The van der Waals surface area contributed by atoms with E-state index in [9.17, 15) is 19.2 Å². The molecule has 14 nitrogen and oxygen atoms in total. The molecule has 5 amide bonds. The van der Waals surface area contributed by atoms with E-state index in [-0.39, 0.29) is 35.8 Å². The number of halogens is 2. The van der Waals surface area contributed by atoms with Crippen molar-refractivity contribution in [1.82, 2.24) is 46.1 Å². The number of carbonyl (C=O) groups excluding carboxylic acids is 4. The van der Waals surface area contributed by atoms with Crippen LogP contribution in [0.3, 0.4) is 0 Å². The van der Waals surface area contributed by atoms with Crippen LogP contribution in [-0.4, -0.2) is 86.0 Å². The summed E-state index contributed by atoms with van der Waals surface area (Å²) in [4.78, 5) is 62.3.